The molecule has 0 bridgehead atoms. The average molecular weight is 380 g/mol. The molecule has 144 valence electrons. The molecule has 0 fully saturated rings. The molecule has 7 heteroatoms. The van der Waals surface area contributed by atoms with Crippen LogP contribution in [0.1, 0.15) is 11.1 Å². The van der Waals surface area contributed by atoms with Crippen molar-refractivity contribution in [3.63, 3.8) is 0 Å². The Morgan fingerprint density at radius 1 is 1.11 bits per heavy atom. The van der Waals surface area contributed by atoms with E-state index in [9.17, 15) is 9.18 Å². The molecule has 0 radical (unpaired) electrons. The van der Waals surface area contributed by atoms with Crippen LogP contribution in [-0.2, 0) is 12.8 Å². The van der Waals surface area contributed by atoms with Crippen LogP contribution in [0.3, 0.4) is 0 Å². The first-order valence-electron chi connectivity index (χ1n) is 9.17. The van der Waals surface area contributed by atoms with Gasteiger partial charge in [0.2, 0.25) is 5.96 Å². The average Bonchev–Trinajstić information content (AvgIpc) is 3.36. The molecule has 0 aliphatic carbocycles. The zero-order chi connectivity index (χ0) is 19.5. The molecule has 1 aliphatic heterocycles. The summed E-state index contributed by atoms with van der Waals surface area (Å²) in [5.41, 5.74) is 3.17. The summed E-state index contributed by atoms with van der Waals surface area (Å²) < 4.78 is 19.8. The van der Waals surface area contributed by atoms with E-state index in [1.54, 1.807) is 19.2 Å². The van der Waals surface area contributed by atoms with Gasteiger partial charge in [-0.25, -0.2) is 9.38 Å². The minimum absolute atomic E-state index is 0.124. The van der Waals surface area contributed by atoms with Crippen LogP contribution >= 0.6 is 0 Å². The summed E-state index contributed by atoms with van der Waals surface area (Å²) in [6.45, 7) is 1.35. The number of nitrogens with zero attached hydrogens (tertiary/aromatic N) is 2. The first kappa shape index (κ1) is 18.0. The second-order valence-electron chi connectivity index (χ2n) is 6.59. The maximum atomic E-state index is 13.1. The van der Waals surface area contributed by atoms with Crippen molar-refractivity contribution in [1.82, 2.24) is 15.1 Å². The largest absolute Gasteiger partial charge is 0.497 e. The summed E-state index contributed by atoms with van der Waals surface area (Å²) in [7, 11) is 1.62. The van der Waals surface area contributed by atoms with Gasteiger partial charge in [0.1, 0.15) is 11.6 Å². The first-order valence-corrected chi connectivity index (χ1v) is 9.17. The molecular formula is C21H21FN4O2. The molecule has 0 amide bonds. The maximum absolute atomic E-state index is 13.1. The SMILES string of the molecule is COc1ccc(-c2[nH]n(C3=NCCN3)c(=O)c2CCc2ccc(F)cc2)cc1. The van der Waals surface area contributed by atoms with Crippen molar-refractivity contribution in [3.05, 3.63) is 75.8 Å². The monoisotopic (exact) mass is 380 g/mol. The number of aromatic nitrogens is 2. The number of hydrogen-bond acceptors (Lipinski definition) is 4. The summed E-state index contributed by atoms with van der Waals surface area (Å²) in [4.78, 5) is 17.4. The Hall–Kier alpha value is -3.35. The molecule has 1 aromatic heterocycles. The molecule has 28 heavy (non-hydrogen) atoms. The third-order valence-electron chi connectivity index (χ3n) is 4.81. The number of aryl methyl sites for hydroxylation is 1. The number of ether oxygens (including phenoxy) is 1. The van der Waals surface area contributed by atoms with Crippen LogP contribution in [0, 0.1) is 5.82 Å². The van der Waals surface area contributed by atoms with Crippen LogP contribution in [0.4, 0.5) is 4.39 Å². The standard InChI is InChI=1S/C21H21FN4O2/c1-28-17-9-5-15(6-10-17)19-18(11-4-14-2-7-16(22)8-3-14)20(27)26(25-19)21-23-12-13-24-21/h2-3,5-10,25H,4,11-13H2,1H3,(H,23,24). The Morgan fingerprint density at radius 3 is 2.50 bits per heavy atom. The predicted octanol–water partition coefficient (Wildman–Crippen LogP) is 2.58. The predicted molar refractivity (Wildman–Crippen MR) is 107 cm³/mol. The lowest BCUT2D eigenvalue weighted by molar-refractivity contribution is 0.415. The highest BCUT2D eigenvalue weighted by molar-refractivity contribution is 5.83. The van der Waals surface area contributed by atoms with Gasteiger partial charge in [0.25, 0.3) is 5.56 Å². The van der Waals surface area contributed by atoms with Crippen LogP contribution in [0.5, 0.6) is 5.75 Å². The number of methoxy groups -OCH3 is 1. The fourth-order valence-electron chi connectivity index (χ4n) is 3.31. The van der Waals surface area contributed by atoms with Crippen LogP contribution in [0.25, 0.3) is 11.3 Å². The Balaban J connectivity index is 1.71. The molecule has 0 spiro atoms. The normalized spacial score (nSPS) is 13.3. The van der Waals surface area contributed by atoms with E-state index >= 15 is 0 Å². The molecule has 0 saturated heterocycles. The van der Waals surface area contributed by atoms with E-state index in [0.29, 0.717) is 37.5 Å². The zero-order valence-corrected chi connectivity index (χ0v) is 15.5. The van der Waals surface area contributed by atoms with E-state index in [4.69, 9.17) is 4.74 Å². The number of rotatable bonds is 5. The van der Waals surface area contributed by atoms with E-state index in [0.717, 1.165) is 22.6 Å². The molecule has 2 N–H and O–H groups in total. The summed E-state index contributed by atoms with van der Waals surface area (Å²) in [6, 6.07) is 13.9. The second kappa shape index (κ2) is 7.72. The fourth-order valence-corrected chi connectivity index (χ4v) is 3.31. The zero-order valence-electron chi connectivity index (χ0n) is 15.5. The Kier molecular flexibility index (Phi) is 4.97. The molecule has 0 atom stereocenters. The Labute approximate surface area is 161 Å². The smallest absolute Gasteiger partial charge is 0.277 e. The van der Waals surface area contributed by atoms with E-state index in [1.165, 1.54) is 16.8 Å². The van der Waals surface area contributed by atoms with Crippen molar-refractivity contribution in [2.24, 2.45) is 4.99 Å². The molecule has 0 saturated carbocycles. The highest BCUT2D eigenvalue weighted by Crippen LogP contribution is 2.24. The molecule has 2 aromatic carbocycles. The minimum atomic E-state index is -0.267. The van der Waals surface area contributed by atoms with Crippen LogP contribution in [-0.4, -0.2) is 35.9 Å². The van der Waals surface area contributed by atoms with Gasteiger partial charge in [0.05, 0.1) is 19.3 Å². The summed E-state index contributed by atoms with van der Waals surface area (Å²) in [6.07, 6.45) is 1.17. The summed E-state index contributed by atoms with van der Waals surface area (Å²) >= 11 is 0. The second-order valence-corrected chi connectivity index (χ2v) is 6.59. The molecule has 2 heterocycles. The third kappa shape index (κ3) is 3.55. The lowest BCUT2D eigenvalue weighted by Gasteiger charge is -2.05. The minimum Gasteiger partial charge on any atom is -0.497 e. The van der Waals surface area contributed by atoms with Gasteiger partial charge in [-0.3, -0.25) is 9.89 Å². The van der Waals surface area contributed by atoms with Gasteiger partial charge in [-0.05, 0) is 54.8 Å². The fraction of sp³-hybridized carbons (Fsp3) is 0.238. The molecule has 4 rings (SSSR count). The number of H-pyrrole nitrogens is 1. The van der Waals surface area contributed by atoms with E-state index < -0.39 is 0 Å². The molecular weight excluding hydrogens is 359 g/mol. The number of aromatic amines is 1. The van der Waals surface area contributed by atoms with E-state index in [1.807, 2.05) is 24.3 Å². The third-order valence-corrected chi connectivity index (χ3v) is 4.81. The molecule has 3 aromatic rings. The number of nitrogens with one attached hydrogen (secondary N) is 2. The molecule has 0 unspecified atom stereocenters. The number of aliphatic imine (C=N–C) groups is 1. The number of benzene rings is 2. The topological polar surface area (TPSA) is 71.4 Å². The Bertz CT molecular complexity index is 1050. The van der Waals surface area contributed by atoms with Crippen molar-refractivity contribution in [2.75, 3.05) is 20.2 Å². The lowest BCUT2D eigenvalue weighted by Crippen LogP contribution is -2.34. The summed E-state index contributed by atoms with van der Waals surface area (Å²) in [5.74, 6) is 1.02. The quantitative estimate of drug-likeness (QED) is 0.715. The number of hydrogen-bond donors (Lipinski definition) is 2. The van der Waals surface area contributed by atoms with Crippen LogP contribution in [0.2, 0.25) is 0 Å². The lowest BCUT2D eigenvalue weighted by atomic mass is 10.0. The van der Waals surface area contributed by atoms with Crippen molar-refractivity contribution >= 4 is 5.96 Å². The first-order chi connectivity index (χ1) is 13.7. The van der Waals surface area contributed by atoms with Gasteiger partial charge in [-0.2, -0.15) is 4.68 Å². The van der Waals surface area contributed by atoms with Crippen LogP contribution < -0.4 is 15.6 Å². The van der Waals surface area contributed by atoms with Gasteiger partial charge in [-0.15, -0.1) is 0 Å². The van der Waals surface area contributed by atoms with Crippen molar-refractivity contribution in [3.8, 4) is 17.0 Å². The van der Waals surface area contributed by atoms with Gasteiger partial charge in [0.15, 0.2) is 0 Å². The van der Waals surface area contributed by atoms with E-state index in [2.05, 4.69) is 15.4 Å². The van der Waals surface area contributed by atoms with Crippen molar-refractivity contribution in [1.29, 1.82) is 0 Å². The van der Waals surface area contributed by atoms with Gasteiger partial charge in [0, 0.05) is 17.7 Å². The molecule has 1 aliphatic rings. The van der Waals surface area contributed by atoms with Gasteiger partial charge in [-0.1, -0.05) is 12.1 Å². The highest BCUT2D eigenvalue weighted by atomic mass is 19.1. The molecule has 6 nitrogen and oxygen atoms in total. The van der Waals surface area contributed by atoms with Gasteiger partial charge >= 0.3 is 0 Å². The summed E-state index contributed by atoms with van der Waals surface area (Å²) in [5, 5.41) is 6.33. The van der Waals surface area contributed by atoms with Crippen LogP contribution in [0.15, 0.2) is 58.3 Å². The number of halogens is 1. The maximum Gasteiger partial charge on any atom is 0.277 e. The van der Waals surface area contributed by atoms with E-state index in [-0.39, 0.29) is 11.4 Å². The van der Waals surface area contributed by atoms with Crippen molar-refractivity contribution < 1.29 is 9.13 Å². The Morgan fingerprint density at radius 2 is 1.86 bits per heavy atom. The van der Waals surface area contributed by atoms with Crippen molar-refractivity contribution in [2.45, 2.75) is 12.8 Å². The highest BCUT2D eigenvalue weighted by Gasteiger charge is 2.20. The van der Waals surface area contributed by atoms with Gasteiger partial charge < -0.3 is 10.1 Å².